The van der Waals surface area contributed by atoms with Crippen LogP contribution >= 0.6 is 0 Å². The van der Waals surface area contributed by atoms with Gasteiger partial charge in [0.05, 0.1) is 0 Å². The zero-order valence-corrected chi connectivity index (χ0v) is 16.0. The van der Waals surface area contributed by atoms with Gasteiger partial charge < -0.3 is 9.47 Å². The van der Waals surface area contributed by atoms with Crippen LogP contribution in [0.4, 0.5) is 26.3 Å². The van der Waals surface area contributed by atoms with E-state index in [1.54, 1.807) is 0 Å². The second-order valence-electron chi connectivity index (χ2n) is 8.11. The fourth-order valence-electron chi connectivity index (χ4n) is 4.37. The van der Waals surface area contributed by atoms with Gasteiger partial charge in [-0.1, -0.05) is 25.8 Å². The topological polar surface area (TPSA) is 52.6 Å². The van der Waals surface area contributed by atoms with Gasteiger partial charge in [-0.15, -0.1) is 0 Å². The van der Waals surface area contributed by atoms with Gasteiger partial charge in [-0.3, -0.25) is 4.79 Å². The van der Waals surface area contributed by atoms with Crippen LogP contribution in [0.1, 0.15) is 58.3 Å². The third-order valence-corrected chi connectivity index (χ3v) is 5.50. The van der Waals surface area contributed by atoms with Gasteiger partial charge in [-0.2, -0.15) is 26.3 Å². The standard InChI is InChI=1S/C19H24F6O4/c1-11(2)15(27)29-17(9-12-4-3-5-13(8-12)10-17)7-6-14(26)28-16(18(20,21)22)19(23,24)25/h12-13,16H,1,3-10H2,2H3. The number of carbonyl (C=O) groups is 2. The summed E-state index contributed by atoms with van der Waals surface area (Å²) >= 11 is 0. The smallest absolute Gasteiger partial charge is 0.434 e. The molecule has 2 aliphatic rings. The molecule has 166 valence electrons. The van der Waals surface area contributed by atoms with Crippen molar-refractivity contribution in [2.24, 2.45) is 11.8 Å². The van der Waals surface area contributed by atoms with E-state index in [1.807, 2.05) is 0 Å². The normalized spacial score (nSPS) is 27.4. The maximum Gasteiger partial charge on any atom is 0.434 e. The summed E-state index contributed by atoms with van der Waals surface area (Å²) in [5.41, 5.74) is -0.994. The van der Waals surface area contributed by atoms with Gasteiger partial charge in [0.15, 0.2) is 0 Å². The molecule has 0 aromatic heterocycles. The number of hydrogen-bond donors (Lipinski definition) is 0. The Morgan fingerprint density at radius 1 is 1.07 bits per heavy atom. The Labute approximate surface area is 164 Å². The summed E-state index contributed by atoms with van der Waals surface area (Å²) in [5, 5.41) is 0. The fraction of sp³-hybridized carbons (Fsp3) is 0.789. The zero-order chi connectivity index (χ0) is 22.0. The third-order valence-electron chi connectivity index (χ3n) is 5.50. The van der Waals surface area contributed by atoms with E-state index >= 15 is 0 Å². The first kappa shape index (κ1) is 23.5. The number of ether oxygens (including phenoxy) is 2. The highest BCUT2D eigenvalue weighted by atomic mass is 19.4. The number of esters is 2. The van der Waals surface area contributed by atoms with E-state index in [0.717, 1.165) is 25.7 Å². The molecule has 0 aromatic rings. The monoisotopic (exact) mass is 430 g/mol. The van der Waals surface area contributed by atoms with E-state index in [9.17, 15) is 35.9 Å². The van der Waals surface area contributed by atoms with Crippen LogP contribution < -0.4 is 0 Å². The van der Waals surface area contributed by atoms with Gasteiger partial charge in [-0.25, -0.2) is 4.79 Å². The Balaban J connectivity index is 2.10. The molecular formula is C19H24F6O4. The lowest BCUT2D eigenvalue weighted by Gasteiger charge is -2.46. The summed E-state index contributed by atoms with van der Waals surface area (Å²) in [4.78, 5) is 23.9. The van der Waals surface area contributed by atoms with Crippen molar-refractivity contribution in [3.8, 4) is 0 Å². The van der Waals surface area contributed by atoms with Crippen molar-refractivity contribution >= 4 is 11.9 Å². The summed E-state index contributed by atoms with van der Waals surface area (Å²) in [6, 6.07) is 0. The van der Waals surface area contributed by atoms with Gasteiger partial charge in [0.25, 0.3) is 6.10 Å². The maximum absolute atomic E-state index is 12.6. The molecule has 2 rings (SSSR count). The average Bonchev–Trinajstić information content (AvgIpc) is 2.55. The Morgan fingerprint density at radius 2 is 1.59 bits per heavy atom. The SMILES string of the molecule is C=C(C)C(=O)OC1(CCC(=O)OC(C(F)(F)F)C(F)(F)F)CC2CCCC(C2)C1. The zero-order valence-electron chi connectivity index (χ0n) is 16.0. The van der Waals surface area contributed by atoms with Crippen LogP contribution in [-0.2, 0) is 19.1 Å². The molecule has 0 N–H and O–H groups in total. The van der Waals surface area contributed by atoms with Crippen molar-refractivity contribution in [1.82, 2.24) is 0 Å². The largest absolute Gasteiger partial charge is 0.456 e. The molecule has 2 fully saturated rings. The molecule has 29 heavy (non-hydrogen) atoms. The average molecular weight is 430 g/mol. The van der Waals surface area contributed by atoms with E-state index < -0.39 is 42.4 Å². The quantitative estimate of drug-likeness (QED) is 0.328. The highest BCUT2D eigenvalue weighted by molar-refractivity contribution is 5.87. The molecule has 0 radical (unpaired) electrons. The summed E-state index contributed by atoms with van der Waals surface area (Å²) in [7, 11) is 0. The summed E-state index contributed by atoms with van der Waals surface area (Å²) in [5.74, 6) is -1.86. The van der Waals surface area contributed by atoms with E-state index in [4.69, 9.17) is 4.74 Å². The minimum absolute atomic E-state index is 0.122. The van der Waals surface area contributed by atoms with Gasteiger partial charge in [0.1, 0.15) is 5.60 Å². The highest BCUT2D eigenvalue weighted by Crippen LogP contribution is 2.48. The number of hydrogen-bond acceptors (Lipinski definition) is 4. The van der Waals surface area contributed by atoms with Gasteiger partial charge >= 0.3 is 24.3 Å². The van der Waals surface area contributed by atoms with Gasteiger partial charge in [-0.05, 0) is 44.4 Å². The van der Waals surface area contributed by atoms with E-state index in [1.165, 1.54) is 6.92 Å². The van der Waals surface area contributed by atoms with Gasteiger partial charge in [0.2, 0.25) is 0 Å². The molecule has 2 aliphatic carbocycles. The van der Waals surface area contributed by atoms with Crippen molar-refractivity contribution in [2.45, 2.75) is 82.3 Å². The molecular weight excluding hydrogens is 406 g/mol. The molecule has 2 saturated carbocycles. The molecule has 0 saturated heterocycles. The Morgan fingerprint density at radius 3 is 2.03 bits per heavy atom. The van der Waals surface area contributed by atoms with E-state index in [2.05, 4.69) is 11.3 Å². The van der Waals surface area contributed by atoms with Crippen LogP contribution in [0.2, 0.25) is 0 Å². The molecule has 0 heterocycles. The molecule has 10 heteroatoms. The van der Waals surface area contributed by atoms with Crippen LogP contribution in [-0.4, -0.2) is 36.0 Å². The number of carbonyl (C=O) groups excluding carboxylic acids is 2. The first-order valence-corrected chi connectivity index (χ1v) is 9.43. The molecule has 0 aliphatic heterocycles. The summed E-state index contributed by atoms with van der Waals surface area (Å²) in [6.45, 7) is 4.93. The van der Waals surface area contributed by atoms with Crippen molar-refractivity contribution in [2.75, 3.05) is 0 Å². The fourth-order valence-corrected chi connectivity index (χ4v) is 4.37. The van der Waals surface area contributed by atoms with Crippen molar-refractivity contribution in [3.63, 3.8) is 0 Å². The van der Waals surface area contributed by atoms with Crippen LogP contribution in [0, 0.1) is 11.8 Å². The van der Waals surface area contributed by atoms with Crippen molar-refractivity contribution in [1.29, 1.82) is 0 Å². The number of alkyl halides is 6. The number of rotatable bonds is 6. The Kier molecular flexibility index (Phi) is 6.94. The first-order chi connectivity index (χ1) is 13.2. The van der Waals surface area contributed by atoms with Gasteiger partial charge in [0, 0.05) is 12.0 Å². The summed E-state index contributed by atoms with van der Waals surface area (Å²) < 4.78 is 84.8. The van der Waals surface area contributed by atoms with Crippen molar-refractivity contribution < 1.29 is 45.4 Å². The number of halogens is 6. The van der Waals surface area contributed by atoms with E-state index in [-0.39, 0.29) is 23.8 Å². The minimum atomic E-state index is -5.76. The molecule has 4 nitrogen and oxygen atoms in total. The Bertz CT molecular complexity index is 614. The molecule has 2 atom stereocenters. The molecule has 0 aromatic carbocycles. The lowest BCUT2D eigenvalue weighted by atomic mass is 9.65. The third kappa shape index (κ3) is 6.37. The maximum atomic E-state index is 12.6. The molecule has 0 amide bonds. The highest BCUT2D eigenvalue weighted by Gasteiger charge is 2.60. The molecule has 0 spiro atoms. The van der Waals surface area contributed by atoms with E-state index in [0.29, 0.717) is 12.8 Å². The predicted octanol–water partition coefficient (Wildman–Crippen LogP) is 5.26. The van der Waals surface area contributed by atoms with Crippen LogP contribution in [0.25, 0.3) is 0 Å². The minimum Gasteiger partial charge on any atom is -0.456 e. The lowest BCUT2D eigenvalue weighted by molar-refractivity contribution is -0.313. The second kappa shape index (κ2) is 8.55. The summed E-state index contributed by atoms with van der Waals surface area (Å²) in [6.07, 6.45) is -12.0. The van der Waals surface area contributed by atoms with Crippen molar-refractivity contribution in [3.05, 3.63) is 12.2 Å². The lowest BCUT2D eigenvalue weighted by Crippen LogP contribution is -2.47. The first-order valence-electron chi connectivity index (χ1n) is 9.43. The molecule has 2 bridgehead atoms. The number of fused-ring (bicyclic) bond motifs is 2. The van der Waals surface area contributed by atoms with Crippen LogP contribution in [0.3, 0.4) is 0 Å². The predicted molar refractivity (Wildman–Crippen MR) is 89.5 cm³/mol. The Hall–Kier alpha value is -1.74. The van der Waals surface area contributed by atoms with Crippen LogP contribution in [0.5, 0.6) is 0 Å². The second-order valence-corrected chi connectivity index (χ2v) is 8.11. The van der Waals surface area contributed by atoms with Crippen LogP contribution in [0.15, 0.2) is 12.2 Å². The molecule has 2 unspecified atom stereocenters.